The summed E-state index contributed by atoms with van der Waals surface area (Å²) in [6.07, 6.45) is 3.01. The molecule has 128 valence electrons. The number of hydrazone groups is 1. The molecule has 26 heavy (non-hydrogen) atoms. The Labute approximate surface area is 157 Å². The van der Waals surface area contributed by atoms with Gasteiger partial charge in [0.25, 0.3) is 5.91 Å². The van der Waals surface area contributed by atoms with Gasteiger partial charge in [0.05, 0.1) is 12.5 Å². The highest BCUT2D eigenvalue weighted by Gasteiger charge is 2.19. The Kier molecular flexibility index (Phi) is 4.41. The van der Waals surface area contributed by atoms with Crippen LogP contribution >= 0.6 is 15.9 Å². The first-order valence-electron chi connectivity index (χ1n) is 7.96. The van der Waals surface area contributed by atoms with E-state index < -0.39 is 0 Å². The fraction of sp³-hybridized carbons (Fsp3) is 0. The first-order valence-corrected chi connectivity index (χ1v) is 8.75. The summed E-state index contributed by atoms with van der Waals surface area (Å²) in [7, 11) is 0. The molecule has 4 aromatic rings. The molecule has 2 N–H and O–H groups in total. The van der Waals surface area contributed by atoms with Gasteiger partial charge in [-0.15, -0.1) is 0 Å². The van der Waals surface area contributed by atoms with Gasteiger partial charge in [-0.1, -0.05) is 46.3 Å². The van der Waals surface area contributed by atoms with E-state index in [0.29, 0.717) is 11.5 Å². The van der Waals surface area contributed by atoms with Crippen LogP contribution in [0.1, 0.15) is 16.2 Å². The lowest BCUT2D eigenvalue weighted by atomic mass is 10.0. The van der Waals surface area contributed by atoms with Gasteiger partial charge >= 0.3 is 0 Å². The van der Waals surface area contributed by atoms with Gasteiger partial charge in [0.1, 0.15) is 11.5 Å². The third-order valence-corrected chi connectivity index (χ3v) is 4.44. The van der Waals surface area contributed by atoms with Crippen molar-refractivity contribution < 1.29 is 9.21 Å². The normalized spacial score (nSPS) is 11.3. The summed E-state index contributed by atoms with van der Waals surface area (Å²) in [5.74, 6) is 0.244. The average molecular weight is 408 g/mol. The van der Waals surface area contributed by atoms with Gasteiger partial charge in [-0.05, 0) is 35.9 Å². The van der Waals surface area contributed by atoms with Crippen LogP contribution in [-0.2, 0) is 0 Å². The molecule has 0 aliphatic rings. The van der Waals surface area contributed by atoms with Crippen molar-refractivity contribution in [2.45, 2.75) is 0 Å². The quantitative estimate of drug-likeness (QED) is 0.370. The minimum absolute atomic E-state index is 0.320. The molecule has 0 bridgehead atoms. The number of aromatic nitrogens is 1. The fourth-order valence-electron chi connectivity index (χ4n) is 2.81. The highest BCUT2D eigenvalue weighted by Crippen LogP contribution is 2.34. The number of amides is 1. The number of rotatable bonds is 4. The minimum atomic E-state index is -0.320. The predicted molar refractivity (Wildman–Crippen MR) is 105 cm³/mol. The largest absolute Gasteiger partial charge is 0.463 e. The summed E-state index contributed by atoms with van der Waals surface area (Å²) in [5, 5.41) is 4.93. The van der Waals surface area contributed by atoms with E-state index in [1.165, 1.54) is 6.21 Å². The molecule has 1 amide bonds. The van der Waals surface area contributed by atoms with Crippen molar-refractivity contribution in [3.05, 3.63) is 82.9 Å². The maximum absolute atomic E-state index is 12.7. The summed E-state index contributed by atoms with van der Waals surface area (Å²) in [6, 6.07) is 19.2. The smallest absolute Gasteiger partial charge is 0.288 e. The zero-order valence-electron chi connectivity index (χ0n) is 13.6. The highest BCUT2D eigenvalue weighted by molar-refractivity contribution is 9.10. The van der Waals surface area contributed by atoms with E-state index in [9.17, 15) is 4.79 Å². The van der Waals surface area contributed by atoms with Gasteiger partial charge in [0.2, 0.25) is 0 Å². The Morgan fingerprint density at radius 3 is 2.73 bits per heavy atom. The molecule has 0 spiro atoms. The summed E-state index contributed by atoms with van der Waals surface area (Å²) in [6.45, 7) is 0. The second-order valence-electron chi connectivity index (χ2n) is 5.65. The summed E-state index contributed by atoms with van der Waals surface area (Å²) < 4.78 is 6.11. The van der Waals surface area contributed by atoms with Crippen LogP contribution < -0.4 is 5.43 Å². The van der Waals surface area contributed by atoms with Gasteiger partial charge in [0, 0.05) is 20.9 Å². The van der Waals surface area contributed by atoms with Crippen molar-refractivity contribution >= 4 is 39.0 Å². The first-order chi connectivity index (χ1) is 12.7. The van der Waals surface area contributed by atoms with E-state index in [-0.39, 0.29) is 5.91 Å². The second-order valence-corrected chi connectivity index (χ2v) is 6.56. The Balaban J connectivity index is 1.75. The fourth-order valence-corrected chi connectivity index (χ4v) is 3.18. The van der Waals surface area contributed by atoms with Crippen molar-refractivity contribution in [1.82, 2.24) is 10.4 Å². The van der Waals surface area contributed by atoms with Crippen molar-refractivity contribution in [3.8, 4) is 11.1 Å². The molecule has 0 atom stereocenters. The van der Waals surface area contributed by atoms with Gasteiger partial charge < -0.3 is 9.40 Å². The van der Waals surface area contributed by atoms with Crippen LogP contribution in [0.5, 0.6) is 0 Å². The molecule has 4 rings (SSSR count). The lowest BCUT2D eigenvalue weighted by molar-refractivity contribution is 0.0951. The van der Waals surface area contributed by atoms with Crippen molar-refractivity contribution in [3.63, 3.8) is 0 Å². The number of furan rings is 1. The van der Waals surface area contributed by atoms with Crippen molar-refractivity contribution in [2.24, 2.45) is 5.10 Å². The minimum Gasteiger partial charge on any atom is -0.463 e. The van der Waals surface area contributed by atoms with E-state index in [1.807, 2.05) is 48.5 Å². The van der Waals surface area contributed by atoms with Gasteiger partial charge in [-0.2, -0.15) is 5.10 Å². The Bertz CT molecular complexity index is 1080. The van der Waals surface area contributed by atoms with E-state index in [1.54, 1.807) is 18.4 Å². The lowest BCUT2D eigenvalue weighted by Crippen LogP contribution is -2.18. The average Bonchev–Trinajstić information content (AvgIpc) is 3.29. The molecule has 0 aliphatic carbocycles. The number of nitrogens with one attached hydrogen (secondary N) is 2. The Hall–Kier alpha value is -3.12. The van der Waals surface area contributed by atoms with Gasteiger partial charge in [-0.3, -0.25) is 4.79 Å². The number of fused-ring (bicyclic) bond motifs is 1. The molecule has 5 nitrogen and oxygen atoms in total. The molecule has 2 aromatic heterocycles. The van der Waals surface area contributed by atoms with E-state index in [4.69, 9.17) is 4.42 Å². The van der Waals surface area contributed by atoms with Crippen LogP contribution in [0.15, 0.2) is 80.9 Å². The number of halogens is 1. The molecule has 2 aromatic carbocycles. The van der Waals surface area contributed by atoms with E-state index in [2.05, 4.69) is 31.4 Å². The molecule has 0 saturated heterocycles. The maximum Gasteiger partial charge on any atom is 0.288 e. The zero-order valence-corrected chi connectivity index (χ0v) is 15.2. The zero-order chi connectivity index (χ0) is 17.9. The van der Waals surface area contributed by atoms with Crippen LogP contribution in [0.25, 0.3) is 22.0 Å². The summed E-state index contributed by atoms with van der Waals surface area (Å²) in [5.41, 5.74) is 5.69. The maximum atomic E-state index is 12.7. The standard InChI is InChI=1S/C20H14BrN3O2/c21-14-8-9-17-16(11-14)18(13-5-2-1-3-6-13)19(23-17)20(25)24-22-12-15-7-4-10-26-15/h1-12,23H,(H,24,25)/b22-12+. The van der Waals surface area contributed by atoms with Crippen LogP contribution in [0.4, 0.5) is 0 Å². The Morgan fingerprint density at radius 1 is 1.12 bits per heavy atom. The number of carbonyl (C=O) groups excluding carboxylic acids is 1. The number of benzene rings is 2. The van der Waals surface area contributed by atoms with Crippen LogP contribution in [-0.4, -0.2) is 17.1 Å². The van der Waals surface area contributed by atoms with Crippen molar-refractivity contribution in [2.75, 3.05) is 0 Å². The number of hydrogen-bond acceptors (Lipinski definition) is 3. The molecule has 0 saturated carbocycles. The van der Waals surface area contributed by atoms with Gasteiger partial charge in [-0.25, -0.2) is 5.43 Å². The summed E-state index contributed by atoms with van der Waals surface area (Å²) in [4.78, 5) is 15.9. The molecule has 0 aliphatic heterocycles. The second kappa shape index (κ2) is 7.01. The molecular formula is C20H14BrN3O2. The Morgan fingerprint density at radius 2 is 1.96 bits per heavy atom. The monoisotopic (exact) mass is 407 g/mol. The molecule has 2 heterocycles. The molecule has 0 radical (unpaired) electrons. The number of aromatic amines is 1. The van der Waals surface area contributed by atoms with Crippen LogP contribution in [0.2, 0.25) is 0 Å². The number of carbonyl (C=O) groups is 1. The third kappa shape index (κ3) is 3.19. The van der Waals surface area contributed by atoms with Gasteiger partial charge in [0.15, 0.2) is 0 Å². The van der Waals surface area contributed by atoms with Crippen LogP contribution in [0, 0.1) is 0 Å². The number of nitrogens with zero attached hydrogens (tertiary/aromatic N) is 1. The first kappa shape index (κ1) is 16.4. The van der Waals surface area contributed by atoms with Crippen LogP contribution in [0.3, 0.4) is 0 Å². The molecule has 0 unspecified atom stereocenters. The van der Waals surface area contributed by atoms with E-state index in [0.717, 1.165) is 26.5 Å². The SMILES string of the molecule is O=C(N/N=C/c1ccco1)c1[nH]c2ccc(Br)cc2c1-c1ccccc1. The summed E-state index contributed by atoms with van der Waals surface area (Å²) >= 11 is 3.50. The lowest BCUT2D eigenvalue weighted by Gasteiger charge is -2.04. The molecular weight excluding hydrogens is 394 g/mol. The highest BCUT2D eigenvalue weighted by atomic mass is 79.9. The number of hydrogen-bond donors (Lipinski definition) is 2. The topological polar surface area (TPSA) is 70.4 Å². The number of H-pyrrole nitrogens is 1. The van der Waals surface area contributed by atoms with E-state index >= 15 is 0 Å². The third-order valence-electron chi connectivity index (χ3n) is 3.95. The van der Waals surface area contributed by atoms with Crippen molar-refractivity contribution in [1.29, 1.82) is 0 Å². The molecule has 0 fully saturated rings. The predicted octanol–water partition coefficient (Wildman–Crippen LogP) is 4.95. The molecule has 6 heteroatoms.